The fraction of sp³-hybridized carbons (Fsp3) is 0.273. The van der Waals surface area contributed by atoms with Gasteiger partial charge in [0.1, 0.15) is 0 Å². The maximum absolute atomic E-state index is 13.4. The Morgan fingerprint density at radius 1 is 1.11 bits per heavy atom. The van der Waals surface area contributed by atoms with Crippen LogP contribution in [0.3, 0.4) is 0 Å². The molecule has 27 heavy (non-hydrogen) atoms. The maximum Gasteiger partial charge on any atom is 0.243 e. The minimum Gasteiger partial charge on any atom is -0.357 e. The number of aromatic amines is 1. The molecule has 1 N–H and O–H groups in total. The van der Waals surface area contributed by atoms with Crippen LogP contribution in [0.2, 0.25) is 0 Å². The third kappa shape index (κ3) is 3.11. The number of allylic oxidation sites excluding steroid dienone is 1. The van der Waals surface area contributed by atoms with Crippen LogP contribution in [0.25, 0.3) is 10.9 Å². The average molecular weight is 381 g/mol. The normalized spacial score (nSPS) is 17.7. The first-order valence-corrected chi connectivity index (χ1v) is 10.6. The Morgan fingerprint density at radius 2 is 1.81 bits per heavy atom. The van der Waals surface area contributed by atoms with Gasteiger partial charge in [-0.1, -0.05) is 47.5 Å². The second-order valence-corrected chi connectivity index (χ2v) is 9.32. The summed E-state index contributed by atoms with van der Waals surface area (Å²) in [5.41, 5.74) is 5.41. The van der Waals surface area contributed by atoms with Gasteiger partial charge < -0.3 is 4.98 Å². The number of benzene rings is 2. The van der Waals surface area contributed by atoms with Crippen molar-refractivity contribution >= 4 is 20.9 Å². The lowest BCUT2D eigenvalue weighted by Crippen LogP contribution is -2.39. The molecule has 0 amide bonds. The van der Waals surface area contributed by atoms with Gasteiger partial charge in [0, 0.05) is 23.1 Å². The van der Waals surface area contributed by atoms with Crippen LogP contribution in [0.5, 0.6) is 0 Å². The molecule has 1 aliphatic rings. The maximum atomic E-state index is 13.4. The number of H-pyrrole nitrogens is 1. The predicted octanol–water partition coefficient (Wildman–Crippen LogP) is 4.73. The van der Waals surface area contributed by atoms with Crippen LogP contribution in [-0.4, -0.2) is 24.3 Å². The quantitative estimate of drug-likeness (QED) is 0.668. The van der Waals surface area contributed by atoms with Crippen molar-refractivity contribution in [1.82, 2.24) is 9.29 Å². The van der Waals surface area contributed by atoms with Crippen LogP contribution in [0.15, 0.2) is 65.1 Å². The topological polar surface area (TPSA) is 53.2 Å². The molecule has 2 aromatic carbocycles. The fourth-order valence-corrected chi connectivity index (χ4v) is 5.39. The molecule has 2 heterocycles. The van der Waals surface area contributed by atoms with E-state index < -0.39 is 10.0 Å². The van der Waals surface area contributed by atoms with Gasteiger partial charge in [0.2, 0.25) is 10.0 Å². The molecule has 0 spiro atoms. The number of aryl methyl sites for hydroxylation is 1. The van der Waals surface area contributed by atoms with E-state index in [2.05, 4.69) is 11.1 Å². The summed E-state index contributed by atoms with van der Waals surface area (Å²) in [4.78, 5) is 3.83. The van der Waals surface area contributed by atoms with E-state index in [0.717, 1.165) is 22.3 Å². The van der Waals surface area contributed by atoms with Crippen molar-refractivity contribution in [1.29, 1.82) is 0 Å². The second-order valence-electron chi connectivity index (χ2n) is 7.43. The van der Waals surface area contributed by atoms with Gasteiger partial charge in [-0.15, -0.1) is 0 Å². The molecular weight excluding hydrogens is 356 g/mol. The third-order valence-electron chi connectivity index (χ3n) is 5.15. The van der Waals surface area contributed by atoms with Crippen LogP contribution in [0.4, 0.5) is 0 Å². The zero-order chi connectivity index (χ0) is 19.2. The first kappa shape index (κ1) is 18.0. The third-order valence-corrected chi connectivity index (χ3v) is 7.05. The molecule has 1 aliphatic heterocycles. The van der Waals surface area contributed by atoms with Crippen molar-refractivity contribution in [3.05, 3.63) is 77.0 Å². The lowest BCUT2D eigenvalue weighted by atomic mass is 9.98. The summed E-state index contributed by atoms with van der Waals surface area (Å²) < 4.78 is 28.4. The molecule has 1 atom stereocenters. The molecule has 5 heteroatoms. The van der Waals surface area contributed by atoms with E-state index >= 15 is 0 Å². The molecule has 0 aliphatic carbocycles. The highest BCUT2D eigenvalue weighted by Crippen LogP contribution is 2.38. The SMILES string of the molecule is CC(C)=CC1c2[nH]c3ccccc3c2CCN1S(=O)(=O)c1ccc(C)cc1. The number of sulfonamides is 1. The number of aromatic nitrogens is 1. The fourth-order valence-electron chi connectivity index (χ4n) is 3.85. The van der Waals surface area contributed by atoms with E-state index in [-0.39, 0.29) is 6.04 Å². The number of hydrogen-bond donors (Lipinski definition) is 1. The van der Waals surface area contributed by atoms with Gasteiger partial charge in [0.15, 0.2) is 0 Å². The monoisotopic (exact) mass is 380 g/mol. The van der Waals surface area contributed by atoms with Gasteiger partial charge >= 0.3 is 0 Å². The first-order valence-electron chi connectivity index (χ1n) is 9.21. The van der Waals surface area contributed by atoms with E-state index in [4.69, 9.17) is 0 Å². The van der Waals surface area contributed by atoms with Crippen molar-refractivity contribution in [2.24, 2.45) is 0 Å². The molecule has 0 saturated carbocycles. The Hall–Kier alpha value is -2.37. The highest BCUT2D eigenvalue weighted by Gasteiger charge is 2.37. The summed E-state index contributed by atoms with van der Waals surface area (Å²) in [7, 11) is -3.58. The van der Waals surface area contributed by atoms with E-state index in [1.807, 2.05) is 57.2 Å². The number of hydrogen-bond acceptors (Lipinski definition) is 2. The molecule has 4 rings (SSSR count). The standard InChI is InChI=1S/C22H24N2O2S/c1-15(2)14-21-22-19(18-6-4-5-7-20(18)23-22)12-13-24(21)27(25,26)17-10-8-16(3)9-11-17/h4-11,14,21,23H,12-13H2,1-3H3. The highest BCUT2D eigenvalue weighted by molar-refractivity contribution is 7.89. The Bertz CT molecular complexity index is 1120. The van der Waals surface area contributed by atoms with Crippen molar-refractivity contribution < 1.29 is 8.42 Å². The van der Waals surface area contributed by atoms with Gasteiger partial charge in [0.05, 0.1) is 10.9 Å². The number of fused-ring (bicyclic) bond motifs is 3. The minimum atomic E-state index is -3.58. The second kappa shape index (κ2) is 6.66. The van der Waals surface area contributed by atoms with Gasteiger partial charge in [-0.05, 0) is 51.0 Å². The number of rotatable bonds is 3. The molecule has 1 aromatic heterocycles. The zero-order valence-corrected chi connectivity index (χ0v) is 16.7. The predicted molar refractivity (Wildman–Crippen MR) is 109 cm³/mol. The van der Waals surface area contributed by atoms with Gasteiger partial charge in [0.25, 0.3) is 0 Å². The lowest BCUT2D eigenvalue weighted by molar-refractivity contribution is 0.347. The molecule has 0 fully saturated rings. The molecule has 4 nitrogen and oxygen atoms in total. The summed E-state index contributed by atoms with van der Waals surface area (Å²) in [6, 6.07) is 15.0. The van der Waals surface area contributed by atoms with Gasteiger partial charge in [-0.2, -0.15) is 4.31 Å². The van der Waals surface area contributed by atoms with Crippen LogP contribution in [0.1, 0.15) is 36.7 Å². The van der Waals surface area contributed by atoms with Crippen molar-refractivity contribution in [2.75, 3.05) is 6.54 Å². The summed E-state index contributed by atoms with van der Waals surface area (Å²) in [5.74, 6) is 0. The Balaban J connectivity index is 1.86. The van der Waals surface area contributed by atoms with E-state index in [1.165, 1.54) is 10.9 Å². The van der Waals surface area contributed by atoms with E-state index in [1.54, 1.807) is 16.4 Å². The molecule has 0 bridgehead atoms. The van der Waals surface area contributed by atoms with Crippen LogP contribution < -0.4 is 0 Å². The number of nitrogens with one attached hydrogen (secondary N) is 1. The molecule has 0 radical (unpaired) electrons. The number of nitrogens with zero attached hydrogens (tertiary/aromatic N) is 1. The highest BCUT2D eigenvalue weighted by atomic mass is 32.2. The summed E-state index contributed by atoms with van der Waals surface area (Å²) >= 11 is 0. The molecule has 0 saturated heterocycles. The first-order chi connectivity index (χ1) is 12.9. The van der Waals surface area contributed by atoms with Gasteiger partial charge in [-0.25, -0.2) is 8.42 Å². The van der Waals surface area contributed by atoms with Crippen LogP contribution in [0, 0.1) is 6.92 Å². The van der Waals surface area contributed by atoms with Gasteiger partial charge in [-0.3, -0.25) is 0 Å². The average Bonchev–Trinajstić information content (AvgIpc) is 3.01. The Labute approximate surface area is 160 Å². The summed E-state index contributed by atoms with van der Waals surface area (Å²) in [5, 5.41) is 1.19. The van der Waals surface area contributed by atoms with Crippen molar-refractivity contribution in [3.63, 3.8) is 0 Å². The van der Waals surface area contributed by atoms with E-state index in [9.17, 15) is 8.42 Å². The van der Waals surface area contributed by atoms with Crippen molar-refractivity contribution in [3.8, 4) is 0 Å². The molecular formula is C22H24N2O2S. The number of para-hydroxylation sites is 1. The zero-order valence-electron chi connectivity index (χ0n) is 15.9. The Kier molecular flexibility index (Phi) is 4.44. The smallest absolute Gasteiger partial charge is 0.243 e. The molecule has 1 unspecified atom stereocenters. The summed E-state index contributed by atoms with van der Waals surface area (Å²) in [6.45, 7) is 6.45. The minimum absolute atomic E-state index is 0.322. The van der Waals surface area contributed by atoms with E-state index in [0.29, 0.717) is 17.9 Å². The van der Waals surface area contributed by atoms with Crippen molar-refractivity contribution in [2.45, 2.75) is 38.1 Å². The Morgan fingerprint density at radius 3 is 2.52 bits per heavy atom. The lowest BCUT2D eigenvalue weighted by Gasteiger charge is -2.33. The summed E-state index contributed by atoms with van der Waals surface area (Å²) in [6.07, 6.45) is 2.75. The van der Waals surface area contributed by atoms with Crippen LogP contribution in [-0.2, 0) is 16.4 Å². The molecule has 140 valence electrons. The molecule has 3 aromatic rings. The van der Waals surface area contributed by atoms with Crippen LogP contribution >= 0.6 is 0 Å². The largest absolute Gasteiger partial charge is 0.357 e.